The highest BCUT2D eigenvalue weighted by Crippen LogP contribution is 2.28. The number of carbonyl (C=O) groups is 1. The number of nitrogens with zero attached hydrogens (tertiary/aromatic N) is 6. The van der Waals surface area contributed by atoms with Crippen LogP contribution in [0.5, 0.6) is 11.5 Å². The van der Waals surface area contributed by atoms with Crippen molar-refractivity contribution in [2.75, 3.05) is 19.5 Å². The fourth-order valence-electron chi connectivity index (χ4n) is 3.47. The third-order valence-electron chi connectivity index (χ3n) is 5.17. The summed E-state index contributed by atoms with van der Waals surface area (Å²) >= 11 is 0. The summed E-state index contributed by atoms with van der Waals surface area (Å²) in [7, 11) is 1.61. The van der Waals surface area contributed by atoms with Crippen LogP contribution in [-0.4, -0.2) is 50.6 Å². The van der Waals surface area contributed by atoms with Gasteiger partial charge in [-0.25, -0.2) is 10.1 Å². The standard InChI is InChI=1S/C24H26N8O4/c1-4-13-35-18-11-9-16(10-12-18)21-20(27-31-32(21)23-22(25)29-36-30-23)24(33)28-26-15(2)14-17-7-5-6-8-19(17)34-3/h5-12H,4,13-14H2,1-3H3,(H2,25,29)(H,28,33)/b26-15+. The fraction of sp³-hybridized carbons (Fsp3) is 0.250. The van der Waals surface area contributed by atoms with E-state index in [1.54, 1.807) is 38.3 Å². The van der Waals surface area contributed by atoms with Crippen LogP contribution >= 0.6 is 0 Å². The largest absolute Gasteiger partial charge is 0.496 e. The molecule has 2 aromatic heterocycles. The molecule has 1 amide bonds. The molecule has 0 saturated carbocycles. The van der Waals surface area contributed by atoms with Gasteiger partial charge < -0.3 is 15.2 Å². The van der Waals surface area contributed by atoms with Crippen molar-refractivity contribution >= 4 is 17.4 Å². The Morgan fingerprint density at radius 2 is 1.94 bits per heavy atom. The Hall–Kier alpha value is -4.74. The predicted octanol–water partition coefficient (Wildman–Crippen LogP) is 3.05. The number of rotatable bonds is 10. The van der Waals surface area contributed by atoms with E-state index in [1.165, 1.54) is 4.68 Å². The third kappa shape index (κ3) is 5.32. The number of benzene rings is 2. The van der Waals surface area contributed by atoms with Gasteiger partial charge in [0.1, 0.15) is 17.2 Å². The Morgan fingerprint density at radius 1 is 1.17 bits per heavy atom. The van der Waals surface area contributed by atoms with Gasteiger partial charge in [0.2, 0.25) is 11.6 Å². The molecule has 4 rings (SSSR count). The van der Waals surface area contributed by atoms with Crippen LogP contribution in [-0.2, 0) is 6.42 Å². The molecule has 3 N–H and O–H groups in total. The molecular weight excluding hydrogens is 464 g/mol. The smallest absolute Gasteiger partial charge is 0.294 e. The van der Waals surface area contributed by atoms with E-state index < -0.39 is 5.91 Å². The van der Waals surface area contributed by atoms with Crippen LogP contribution in [0, 0.1) is 0 Å². The molecule has 2 heterocycles. The number of hydrogen-bond donors (Lipinski definition) is 2. The van der Waals surface area contributed by atoms with E-state index >= 15 is 0 Å². The van der Waals surface area contributed by atoms with E-state index in [4.69, 9.17) is 19.8 Å². The van der Waals surface area contributed by atoms with Gasteiger partial charge in [0.05, 0.1) is 13.7 Å². The molecule has 0 bridgehead atoms. The number of hydrazone groups is 1. The minimum absolute atomic E-state index is 0.00156. The van der Waals surface area contributed by atoms with Gasteiger partial charge in [0.25, 0.3) is 5.91 Å². The van der Waals surface area contributed by atoms with Crippen molar-refractivity contribution in [3.63, 3.8) is 0 Å². The summed E-state index contributed by atoms with van der Waals surface area (Å²) < 4.78 is 17.0. The molecule has 2 aromatic carbocycles. The van der Waals surface area contributed by atoms with Crippen LogP contribution in [0.2, 0.25) is 0 Å². The maximum atomic E-state index is 13.1. The molecule has 0 spiro atoms. The van der Waals surface area contributed by atoms with Crippen LogP contribution in [0.4, 0.5) is 5.82 Å². The van der Waals surface area contributed by atoms with Crippen molar-refractivity contribution in [1.82, 2.24) is 30.7 Å². The average Bonchev–Trinajstić information content (AvgIpc) is 3.52. The average molecular weight is 491 g/mol. The van der Waals surface area contributed by atoms with Crippen molar-refractivity contribution in [3.8, 4) is 28.6 Å². The third-order valence-corrected chi connectivity index (χ3v) is 5.17. The van der Waals surface area contributed by atoms with Crippen molar-refractivity contribution in [2.45, 2.75) is 26.7 Å². The maximum Gasteiger partial charge on any atom is 0.294 e. The number of methoxy groups -OCH3 is 1. The van der Waals surface area contributed by atoms with E-state index in [2.05, 4.69) is 31.2 Å². The first kappa shape index (κ1) is 24.4. The summed E-state index contributed by atoms with van der Waals surface area (Å²) in [5.74, 6) is 0.996. The number of aromatic nitrogens is 5. The molecular formula is C24H26N8O4. The molecule has 0 atom stereocenters. The molecule has 12 nitrogen and oxygen atoms in total. The molecule has 4 aromatic rings. The predicted molar refractivity (Wildman–Crippen MR) is 132 cm³/mol. The quantitative estimate of drug-likeness (QED) is 0.252. The van der Waals surface area contributed by atoms with Crippen LogP contribution in [0.25, 0.3) is 17.1 Å². The lowest BCUT2D eigenvalue weighted by Gasteiger charge is -2.09. The molecule has 0 unspecified atom stereocenters. The maximum absolute atomic E-state index is 13.1. The summed E-state index contributed by atoms with van der Waals surface area (Å²) in [5, 5.41) is 19.8. The fourth-order valence-corrected chi connectivity index (χ4v) is 3.47. The van der Waals surface area contributed by atoms with E-state index in [-0.39, 0.29) is 17.3 Å². The zero-order valence-corrected chi connectivity index (χ0v) is 20.1. The summed E-state index contributed by atoms with van der Waals surface area (Å²) in [6.07, 6.45) is 1.38. The van der Waals surface area contributed by atoms with Crippen molar-refractivity contribution in [3.05, 3.63) is 59.8 Å². The number of para-hydroxylation sites is 1. The Balaban J connectivity index is 1.62. The second-order valence-electron chi connectivity index (χ2n) is 7.82. The Labute approximate surface area is 207 Å². The lowest BCUT2D eigenvalue weighted by Crippen LogP contribution is -2.21. The number of nitrogens with two attached hydrogens (primary N) is 1. The summed E-state index contributed by atoms with van der Waals surface area (Å²) in [4.78, 5) is 13.1. The second kappa shape index (κ2) is 11.1. The zero-order valence-electron chi connectivity index (χ0n) is 20.1. The Bertz CT molecular complexity index is 1360. The normalized spacial score (nSPS) is 11.4. The van der Waals surface area contributed by atoms with E-state index in [0.717, 1.165) is 17.7 Å². The summed E-state index contributed by atoms with van der Waals surface area (Å²) in [5.41, 5.74) is 11.0. The van der Waals surface area contributed by atoms with Gasteiger partial charge in [-0.05, 0) is 59.6 Å². The lowest BCUT2D eigenvalue weighted by molar-refractivity contribution is 0.0950. The second-order valence-corrected chi connectivity index (χ2v) is 7.82. The molecule has 12 heteroatoms. The monoisotopic (exact) mass is 490 g/mol. The zero-order chi connectivity index (χ0) is 25.5. The molecule has 186 valence electrons. The van der Waals surface area contributed by atoms with E-state index in [0.29, 0.717) is 35.7 Å². The number of nitrogens with one attached hydrogen (secondary N) is 1. The lowest BCUT2D eigenvalue weighted by atomic mass is 10.1. The van der Waals surface area contributed by atoms with Crippen molar-refractivity contribution < 1.29 is 18.9 Å². The molecule has 0 radical (unpaired) electrons. The molecule has 0 aliphatic heterocycles. The number of hydrogen-bond acceptors (Lipinski definition) is 10. The number of amides is 1. The Morgan fingerprint density at radius 3 is 2.64 bits per heavy atom. The number of carbonyl (C=O) groups excluding carboxylic acids is 1. The topological polar surface area (TPSA) is 156 Å². The Kier molecular flexibility index (Phi) is 7.54. The van der Waals surface area contributed by atoms with Crippen LogP contribution in [0.1, 0.15) is 36.3 Å². The number of ether oxygens (including phenoxy) is 2. The summed E-state index contributed by atoms with van der Waals surface area (Å²) in [6.45, 7) is 4.43. The van der Waals surface area contributed by atoms with Crippen LogP contribution in [0.15, 0.2) is 58.3 Å². The van der Waals surface area contributed by atoms with E-state index in [1.807, 2.05) is 31.2 Å². The summed E-state index contributed by atoms with van der Waals surface area (Å²) in [6, 6.07) is 14.8. The van der Waals surface area contributed by atoms with Crippen LogP contribution in [0.3, 0.4) is 0 Å². The van der Waals surface area contributed by atoms with Gasteiger partial charge in [0.15, 0.2) is 5.69 Å². The highest BCUT2D eigenvalue weighted by molar-refractivity contribution is 5.99. The minimum Gasteiger partial charge on any atom is -0.496 e. The molecule has 0 saturated heterocycles. The van der Waals surface area contributed by atoms with Crippen LogP contribution < -0.4 is 20.6 Å². The van der Waals surface area contributed by atoms with Gasteiger partial charge >= 0.3 is 0 Å². The van der Waals surface area contributed by atoms with Gasteiger partial charge in [-0.3, -0.25) is 4.79 Å². The molecule has 0 aliphatic rings. The highest BCUT2D eigenvalue weighted by atomic mass is 16.6. The van der Waals surface area contributed by atoms with Gasteiger partial charge in [0, 0.05) is 17.7 Å². The first-order valence-electron chi connectivity index (χ1n) is 11.2. The first-order valence-corrected chi connectivity index (χ1v) is 11.2. The van der Waals surface area contributed by atoms with Gasteiger partial charge in [-0.1, -0.05) is 30.3 Å². The first-order chi connectivity index (χ1) is 17.5. The van der Waals surface area contributed by atoms with Gasteiger partial charge in [-0.15, -0.1) is 5.10 Å². The van der Waals surface area contributed by atoms with Crippen molar-refractivity contribution in [1.29, 1.82) is 0 Å². The SMILES string of the molecule is CCCOc1ccc(-c2c(C(=O)N/N=C(\C)Cc3ccccc3OC)nnn2-c2nonc2N)cc1. The highest BCUT2D eigenvalue weighted by Gasteiger charge is 2.25. The number of anilines is 1. The van der Waals surface area contributed by atoms with E-state index in [9.17, 15) is 4.79 Å². The van der Waals surface area contributed by atoms with Gasteiger partial charge in [-0.2, -0.15) is 9.78 Å². The molecule has 0 fully saturated rings. The molecule has 0 aliphatic carbocycles. The minimum atomic E-state index is -0.558. The number of nitrogen functional groups attached to an aromatic ring is 1. The van der Waals surface area contributed by atoms with Crippen molar-refractivity contribution in [2.24, 2.45) is 5.10 Å². The molecule has 36 heavy (non-hydrogen) atoms.